The van der Waals surface area contributed by atoms with Crippen LogP contribution in [0.3, 0.4) is 0 Å². The Bertz CT molecular complexity index is 575. The van der Waals surface area contributed by atoms with Crippen LogP contribution in [0.25, 0.3) is 6.08 Å². The van der Waals surface area contributed by atoms with Crippen molar-refractivity contribution >= 4 is 6.08 Å². The van der Waals surface area contributed by atoms with E-state index in [1.165, 1.54) is 5.56 Å². The molecule has 4 heteroatoms. The van der Waals surface area contributed by atoms with Gasteiger partial charge in [-0.25, -0.2) is 0 Å². The van der Waals surface area contributed by atoms with Crippen molar-refractivity contribution in [2.75, 3.05) is 39.4 Å². The second kappa shape index (κ2) is 8.67. The van der Waals surface area contributed by atoms with Crippen molar-refractivity contribution in [3.05, 3.63) is 66.1 Å². The summed E-state index contributed by atoms with van der Waals surface area (Å²) in [7, 11) is 0. The van der Waals surface area contributed by atoms with Gasteiger partial charge in [-0.2, -0.15) is 0 Å². The third-order valence-electron chi connectivity index (χ3n) is 4.07. The molecule has 1 unspecified atom stereocenters. The molecule has 0 radical (unpaired) electrons. The van der Waals surface area contributed by atoms with Crippen molar-refractivity contribution < 1.29 is 9.15 Å². The molecule has 1 aromatic carbocycles. The van der Waals surface area contributed by atoms with E-state index in [1.54, 1.807) is 6.26 Å². The van der Waals surface area contributed by atoms with Gasteiger partial charge >= 0.3 is 0 Å². The van der Waals surface area contributed by atoms with Crippen LogP contribution < -0.4 is 5.32 Å². The van der Waals surface area contributed by atoms with Crippen molar-refractivity contribution in [2.24, 2.45) is 0 Å². The molecule has 2 aromatic rings. The Morgan fingerprint density at radius 2 is 1.91 bits per heavy atom. The first-order valence-electron chi connectivity index (χ1n) is 8.21. The number of hydrogen-bond donors (Lipinski definition) is 1. The minimum Gasteiger partial charge on any atom is -0.468 e. The number of hydrogen-bond acceptors (Lipinski definition) is 4. The molecule has 1 atom stereocenters. The summed E-state index contributed by atoms with van der Waals surface area (Å²) in [5.74, 6) is 1.02. The number of furan rings is 1. The molecule has 1 fully saturated rings. The molecular formula is C19H24N2O2. The van der Waals surface area contributed by atoms with Crippen LogP contribution in [0.15, 0.2) is 59.2 Å². The summed E-state index contributed by atoms with van der Waals surface area (Å²) in [5, 5.41) is 3.51. The van der Waals surface area contributed by atoms with Crippen molar-refractivity contribution in [1.29, 1.82) is 0 Å². The Morgan fingerprint density at radius 1 is 1.09 bits per heavy atom. The van der Waals surface area contributed by atoms with E-state index in [2.05, 4.69) is 52.7 Å². The maximum atomic E-state index is 5.63. The van der Waals surface area contributed by atoms with Gasteiger partial charge in [0.25, 0.3) is 0 Å². The number of benzene rings is 1. The first-order chi connectivity index (χ1) is 11.4. The van der Waals surface area contributed by atoms with Crippen LogP contribution in [0.2, 0.25) is 0 Å². The van der Waals surface area contributed by atoms with E-state index in [0.717, 1.165) is 45.2 Å². The molecule has 1 aliphatic heterocycles. The largest absolute Gasteiger partial charge is 0.468 e. The molecule has 1 aliphatic rings. The van der Waals surface area contributed by atoms with Crippen LogP contribution in [-0.2, 0) is 4.74 Å². The lowest BCUT2D eigenvalue weighted by Gasteiger charge is -2.33. The fourth-order valence-corrected chi connectivity index (χ4v) is 2.84. The highest BCUT2D eigenvalue weighted by molar-refractivity contribution is 5.48. The van der Waals surface area contributed by atoms with Crippen molar-refractivity contribution in [3.63, 3.8) is 0 Å². The molecule has 2 heterocycles. The lowest BCUT2D eigenvalue weighted by atomic mass is 10.1. The summed E-state index contributed by atoms with van der Waals surface area (Å²) in [5.41, 5.74) is 1.23. The highest BCUT2D eigenvalue weighted by atomic mass is 16.5. The number of nitrogens with one attached hydrogen (secondary N) is 1. The maximum absolute atomic E-state index is 5.63. The Balaban J connectivity index is 1.51. The fraction of sp³-hybridized carbons (Fsp3) is 0.368. The topological polar surface area (TPSA) is 37.6 Å². The van der Waals surface area contributed by atoms with Gasteiger partial charge < -0.3 is 14.5 Å². The van der Waals surface area contributed by atoms with Gasteiger partial charge in [-0.05, 0) is 17.7 Å². The van der Waals surface area contributed by atoms with Crippen LogP contribution in [0.4, 0.5) is 0 Å². The molecule has 1 aromatic heterocycles. The lowest BCUT2D eigenvalue weighted by molar-refractivity contribution is 0.0119. The number of rotatable bonds is 7. The van der Waals surface area contributed by atoms with Gasteiger partial charge in [0.2, 0.25) is 0 Å². The number of morpholine rings is 1. The average molecular weight is 312 g/mol. The summed E-state index contributed by atoms with van der Waals surface area (Å²) in [6, 6.07) is 14.6. The first kappa shape index (κ1) is 16.0. The van der Waals surface area contributed by atoms with E-state index in [9.17, 15) is 0 Å². The van der Waals surface area contributed by atoms with E-state index < -0.39 is 0 Å². The second-order valence-corrected chi connectivity index (χ2v) is 5.65. The first-order valence-corrected chi connectivity index (χ1v) is 8.21. The van der Waals surface area contributed by atoms with Gasteiger partial charge in [-0.15, -0.1) is 0 Å². The van der Waals surface area contributed by atoms with Gasteiger partial charge in [-0.1, -0.05) is 42.5 Å². The zero-order chi connectivity index (χ0) is 15.7. The highest BCUT2D eigenvalue weighted by Crippen LogP contribution is 2.21. The molecule has 3 rings (SSSR count). The minimum absolute atomic E-state index is 0.263. The number of nitrogens with zero attached hydrogens (tertiary/aromatic N) is 1. The summed E-state index contributed by atoms with van der Waals surface area (Å²) < 4.78 is 11.1. The third kappa shape index (κ3) is 4.79. The highest BCUT2D eigenvalue weighted by Gasteiger charge is 2.24. The van der Waals surface area contributed by atoms with Gasteiger partial charge in [0.05, 0.1) is 25.5 Å². The van der Waals surface area contributed by atoms with Gasteiger partial charge in [0.15, 0.2) is 0 Å². The average Bonchev–Trinajstić information content (AvgIpc) is 3.14. The van der Waals surface area contributed by atoms with Crippen molar-refractivity contribution in [2.45, 2.75) is 6.04 Å². The summed E-state index contributed by atoms with van der Waals surface area (Å²) >= 11 is 0. The Hall–Kier alpha value is -1.88. The van der Waals surface area contributed by atoms with Gasteiger partial charge in [-0.3, -0.25) is 4.90 Å². The molecule has 0 saturated carbocycles. The molecule has 0 spiro atoms. The molecule has 1 N–H and O–H groups in total. The zero-order valence-corrected chi connectivity index (χ0v) is 13.4. The van der Waals surface area contributed by atoms with Crippen LogP contribution in [0.1, 0.15) is 17.4 Å². The Kier molecular flexibility index (Phi) is 6.03. The maximum Gasteiger partial charge on any atom is 0.122 e. The zero-order valence-electron chi connectivity index (χ0n) is 13.4. The van der Waals surface area contributed by atoms with Crippen LogP contribution in [-0.4, -0.2) is 44.3 Å². The second-order valence-electron chi connectivity index (χ2n) is 5.65. The summed E-state index contributed by atoms with van der Waals surface area (Å²) in [6.07, 6.45) is 6.05. The summed E-state index contributed by atoms with van der Waals surface area (Å²) in [6.45, 7) is 5.21. The normalized spacial score (nSPS) is 17.6. The monoisotopic (exact) mass is 312 g/mol. The molecular weight excluding hydrogens is 288 g/mol. The van der Waals surface area contributed by atoms with Crippen LogP contribution in [0.5, 0.6) is 0 Å². The van der Waals surface area contributed by atoms with E-state index in [0.29, 0.717) is 0 Å². The lowest BCUT2D eigenvalue weighted by Crippen LogP contribution is -2.42. The van der Waals surface area contributed by atoms with Gasteiger partial charge in [0, 0.05) is 26.2 Å². The predicted octanol–water partition coefficient (Wildman–Crippen LogP) is 2.96. The SMILES string of the molecule is C(=C\c1ccccc1)/CNCC(c1ccco1)N1CCOCC1. The van der Waals surface area contributed by atoms with Crippen LogP contribution in [0, 0.1) is 0 Å². The fourth-order valence-electron chi connectivity index (χ4n) is 2.84. The molecule has 0 amide bonds. The van der Waals surface area contributed by atoms with E-state index >= 15 is 0 Å². The number of ether oxygens (including phenoxy) is 1. The molecule has 1 saturated heterocycles. The smallest absolute Gasteiger partial charge is 0.122 e. The van der Waals surface area contributed by atoms with Crippen molar-refractivity contribution in [3.8, 4) is 0 Å². The van der Waals surface area contributed by atoms with Gasteiger partial charge in [0.1, 0.15) is 5.76 Å². The molecule has 122 valence electrons. The third-order valence-corrected chi connectivity index (χ3v) is 4.07. The standard InChI is InChI=1S/C19H24N2O2/c1-2-6-17(7-3-1)8-4-10-20-16-18(19-9-5-13-23-19)21-11-14-22-15-12-21/h1-9,13,18,20H,10-12,14-16H2/b8-4+. The molecule has 0 aliphatic carbocycles. The Labute approximate surface area is 137 Å². The quantitative estimate of drug-likeness (QED) is 0.798. The van der Waals surface area contributed by atoms with Crippen LogP contribution >= 0.6 is 0 Å². The van der Waals surface area contributed by atoms with E-state index in [4.69, 9.17) is 9.15 Å². The van der Waals surface area contributed by atoms with E-state index in [-0.39, 0.29) is 6.04 Å². The van der Waals surface area contributed by atoms with E-state index in [1.807, 2.05) is 12.1 Å². The minimum atomic E-state index is 0.263. The molecule has 0 bridgehead atoms. The molecule has 4 nitrogen and oxygen atoms in total. The predicted molar refractivity (Wildman–Crippen MR) is 92.2 cm³/mol. The Morgan fingerprint density at radius 3 is 2.65 bits per heavy atom. The van der Waals surface area contributed by atoms with Crippen molar-refractivity contribution in [1.82, 2.24) is 10.2 Å². The molecule has 23 heavy (non-hydrogen) atoms. The summed E-state index contributed by atoms with van der Waals surface area (Å²) in [4.78, 5) is 2.43.